The summed E-state index contributed by atoms with van der Waals surface area (Å²) in [6, 6.07) is 5.83. The third-order valence-corrected chi connectivity index (χ3v) is 3.28. The fourth-order valence-electron chi connectivity index (χ4n) is 2.13. The molecule has 0 aliphatic carbocycles. The van der Waals surface area contributed by atoms with Gasteiger partial charge in [-0.25, -0.2) is 0 Å². The van der Waals surface area contributed by atoms with E-state index >= 15 is 0 Å². The molecule has 2 rings (SSSR count). The van der Waals surface area contributed by atoms with Crippen LogP contribution in [-0.4, -0.2) is 38.9 Å². The van der Waals surface area contributed by atoms with Crippen LogP contribution >= 0.6 is 24.0 Å². The number of ether oxygens (including phenoxy) is 3. The van der Waals surface area contributed by atoms with E-state index in [9.17, 15) is 4.79 Å². The van der Waals surface area contributed by atoms with Gasteiger partial charge in [-0.05, 0) is 31.0 Å². The molecule has 1 aliphatic heterocycles. The van der Waals surface area contributed by atoms with Gasteiger partial charge in [-0.1, -0.05) is 6.07 Å². The number of fused-ring (bicyclic) bond motifs is 1. The quantitative estimate of drug-likeness (QED) is 0.218. The Kier molecular flexibility index (Phi) is 9.28. The molecule has 0 bridgehead atoms. The van der Waals surface area contributed by atoms with E-state index in [1.807, 2.05) is 18.2 Å². The monoisotopic (exact) mass is 449 g/mol. The predicted molar refractivity (Wildman–Crippen MR) is 102 cm³/mol. The Morgan fingerprint density at radius 3 is 2.83 bits per heavy atom. The summed E-state index contributed by atoms with van der Waals surface area (Å²) in [7, 11) is 1.71. The number of guanidine groups is 1. The Labute approximate surface area is 159 Å². The van der Waals surface area contributed by atoms with Crippen molar-refractivity contribution < 1.29 is 19.0 Å². The van der Waals surface area contributed by atoms with Gasteiger partial charge in [-0.3, -0.25) is 9.79 Å². The Bertz CT molecular complexity index is 566. The van der Waals surface area contributed by atoms with Gasteiger partial charge in [0.2, 0.25) is 6.79 Å². The van der Waals surface area contributed by atoms with Crippen LogP contribution in [0.25, 0.3) is 0 Å². The molecule has 0 radical (unpaired) electrons. The molecule has 0 saturated carbocycles. The second-order valence-corrected chi connectivity index (χ2v) is 4.95. The molecule has 0 atom stereocenters. The summed E-state index contributed by atoms with van der Waals surface area (Å²) in [5.74, 6) is 2.06. The summed E-state index contributed by atoms with van der Waals surface area (Å²) in [6.07, 6.45) is 1.10. The number of carbonyl (C=O) groups excluding carboxylic acids is 1. The molecule has 1 aromatic carbocycles. The largest absolute Gasteiger partial charge is 0.466 e. The minimum Gasteiger partial charge on any atom is -0.466 e. The van der Waals surface area contributed by atoms with Crippen LogP contribution in [-0.2, 0) is 16.1 Å². The lowest BCUT2D eigenvalue weighted by molar-refractivity contribution is -0.143. The minimum absolute atomic E-state index is 0. The van der Waals surface area contributed by atoms with Crippen LogP contribution in [0.1, 0.15) is 25.3 Å². The molecular weight excluding hydrogens is 425 g/mol. The molecule has 7 nitrogen and oxygen atoms in total. The number of nitrogens with zero attached hydrogens (tertiary/aromatic N) is 1. The molecule has 1 aliphatic rings. The maximum Gasteiger partial charge on any atom is 0.305 e. The Hall–Kier alpha value is -1.71. The molecule has 0 saturated heterocycles. The number of rotatable bonds is 7. The maximum atomic E-state index is 11.2. The smallest absolute Gasteiger partial charge is 0.305 e. The molecule has 1 aromatic rings. The standard InChI is InChI=1S/C16H23N3O4.HI/c1-3-21-15(20)5-4-8-18-16(17-2)19-10-12-6-7-13-14(9-12)23-11-22-13;/h6-7,9H,3-5,8,10-11H2,1-2H3,(H2,17,18,19);1H. The lowest BCUT2D eigenvalue weighted by Gasteiger charge is -2.12. The minimum atomic E-state index is -0.169. The predicted octanol–water partition coefficient (Wildman–Crippen LogP) is 2.04. The van der Waals surface area contributed by atoms with Crippen LogP contribution in [0.4, 0.5) is 0 Å². The van der Waals surface area contributed by atoms with E-state index in [-0.39, 0.29) is 36.7 Å². The zero-order valence-corrected chi connectivity index (χ0v) is 16.3. The number of hydrogen-bond donors (Lipinski definition) is 2. The van der Waals surface area contributed by atoms with Crippen LogP contribution < -0.4 is 20.1 Å². The zero-order chi connectivity index (χ0) is 16.5. The average Bonchev–Trinajstić information content (AvgIpc) is 3.02. The highest BCUT2D eigenvalue weighted by atomic mass is 127. The van der Waals surface area contributed by atoms with E-state index in [2.05, 4.69) is 15.6 Å². The first-order valence-corrected chi connectivity index (χ1v) is 7.71. The summed E-state index contributed by atoms with van der Waals surface area (Å²) in [5, 5.41) is 6.38. The average molecular weight is 449 g/mol. The molecular formula is C16H24IN3O4. The lowest BCUT2D eigenvalue weighted by Crippen LogP contribution is -2.37. The third kappa shape index (κ3) is 6.42. The van der Waals surface area contributed by atoms with Gasteiger partial charge in [0.1, 0.15) is 0 Å². The normalized spacial score (nSPS) is 12.3. The number of esters is 1. The van der Waals surface area contributed by atoms with Gasteiger partial charge in [0.15, 0.2) is 17.5 Å². The highest BCUT2D eigenvalue weighted by Gasteiger charge is 2.13. The second-order valence-electron chi connectivity index (χ2n) is 4.95. The Morgan fingerprint density at radius 2 is 2.08 bits per heavy atom. The summed E-state index contributed by atoms with van der Waals surface area (Å²) < 4.78 is 15.5. The number of nitrogens with one attached hydrogen (secondary N) is 2. The first kappa shape index (κ1) is 20.3. The molecule has 0 fully saturated rings. The van der Waals surface area contributed by atoms with E-state index in [1.54, 1.807) is 14.0 Å². The molecule has 0 amide bonds. The molecule has 8 heteroatoms. The van der Waals surface area contributed by atoms with Gasteiger partial charge >= 0.3 is 5.97 Å². The number of carbonyl (C=O) groups is 1. The molecule has 2 N–H and O–H groups in total. The van der Waals surface area contributed by atoms with Crippen molar-refractivity contribution in [1.82, 2.24) is 10.6 Å². The zero-order valence-electron chi connectivity index (χ0n) is 14.0. The van der Waals surface area contributed by atoms with Crippen LogP contribution in [0.5, 0.6) is 11.5 Å². The van der Waals surface area contributed by atoms with Crippen molar-refractivity contribution in [2.45, 2.75) is 26.3 Å². The van der Waals surface area contributed by atoms with Crippen molar-refractivity contribution >= 4 is 35.9 Å². The van der Waals surface area contributed by atoms with Gasteiger partial charge in [0, 0.05) is 26.6 Å². The SMILES string of the molecule is CCOC(=O)CCCNC(=NC)NCc1ccc2c(c1)OCO2.I. The number of halogens is 1. The van der Waals surface area contributed by atoms with Crippen molar-refractivity contribution in [3.63, 3.8) is 0 Å². The maximum absolute atomic E-state index is 11.2. The summed E-state index contributed by atoms with van der Waals surface area (Å²) >= 11 is 0. The van der Waals surface area contributed by atoms with Gasteiger partial charge < -0.3 is 24.8 Å². The molecule has 0 aromatic heterocycles. The van der Waals surface area contributed by atoms with Gasteiger partial charge in [0.05, 0.1) is 6.61 Å². The van der Waals surface area contributed by atoms with Crippen molar-refractivity contribution in [1.29, 1.82) is 0 Å². The van der Waals surface area contributed by atoms with Gasteiger partial charge in [-0.2, -0.15) is 0 Å². The third-order valence-electron chi connectivity index (χ3n) is 3.28. The molecule has 24 heavy (non-hydrogen) atoms. The van der Waals surface area contributed by atoms with Crippen LogP contribution in [0.15, 0.2) is 23.2 Å². The Balaban J connectivity index is 0.00000288. The summed E-state index contributed by atoms with van der Waals surface area (Å²) in [5.41, 5.74) is 1.07. The van der Waals surface area contributed by atoms with E-state index in [0.29, 0.717) is 38.5 Å². The van der Waals surface area contributed by atoms with Crippen molar-refractivity contribution in [3.8, 4) is 11.5 Å². The first-order chi connectivity index (χ1) is 11.2. The van der Waals surface area contributed by atoms with E-state index in [0.717, 1.165) is 17.1 Å². The molecule has 1 heterocycles. The van der Waals surface area contributed by atoms with Crippen molar-refractivity contribution in [2.24, 2.45) is 4.99 Å². The van der Waals surface area contributed by atoms with Crippen LogP contribution in [0.2, 0.25) is 0 Å². The molecule has 0 spiro atoms. The van der Waals surface area contributed by atoms with Crippen molar-refractivity contribution in [3.05, 3.63) is 23.8 Å². The van der Waals surface area contributed by atoms with Gasteiger partial charge in [-0.15, -0.1) is 24.0 Å². The van der Waals surface area contributed by atoms with Crippen LogP contribution in [0, 0.1) is 0 Å². The second kappa shape index (κ2) is 11.0. The summed E-state index contributed by atoms with van der Waals surface area (Å²) in [4.78, 5) is 15.4. The highest BCUT2D eigenvalue weighted by Crippen LogP contribution is 2.32. The molecule has 134 valence electrons. The van der Waals surface area contributed by atoms with E-state index < -0.39 is 0 Å². The first-order valence-electron chi connectivity index (χ1n) is 7.71. The lowest BCUT2D eigenvalue weighted by atomic mass is 10.2. The fraction of sp³-hybridized carbons (Fsp3) is 0.500. The van der Waals surface area contributed by atoms with Crippen molar-refractivity contribution in [2.75, 3.05) is 27.0 Å². The van der Waals surface area contributed by atoms with E-state index in [1.165, 1.54) is 0 Å². The fourth-order valence-corrected chi connectivity index (χ4v) is 2.13. The Morgan fingerprint density at radius 1 is 1.29 bits per heavy atom. The number of benzene rings is 1. The summed E-state index contributed by atoms with van der Waals surface area (Å²) in [6.45, 7) is 3.77. The van der Waals surface area contributed by atoms with Gasteiger partial charge in [0.25, 0.3) is 0 Å². The van der Waals surface area contributed by atoms with Crippen LogP contribution in [0.3, 0.4) is 0 Å². The van der Waals surface area contributed by atoms with E-state index in [4.69, 9.17) is 14.2 Å². The topological polar surface area (TPSA) is 81.2 Å². The highest BCUT2D eigenvalue weighted by molar-refractivity contribution is 14.0. The number of aliphatic imine (C=N–C) groups is 1. The molecule has 0 unspecified atom stereocenters. The number of hydrogen-bond acceptors (Lipinski definition) is 5.